The molecule has 0 aliphatic rings. The number of nitrogens with zero attached hydrogens (tertiary/aromatic N) is 1. The number of ether oxygens (including phenoxy) is 1. The lowest BCUT2D eigenvalue weighted by molar-refractivity contribution is 0.0947. The molecule has 0 saturated carbocycles. The zero-order valence-corrected chi connectivity index (χ0v) is 12.2. The Kier molecular flexibility index (Phi) is 7.48. The lowest BCUT2D eigenvalue weighted by atomic mass is 10.1. The molecule has 0 spiro atoms. The molecule has 19 heavy (non-hydrogen) atoms. The van der Waals surface area contributed by atoms with E-state index in [0.717, 1.165) is 18.7 Å². The van der Waals surface area contributed by atoms with Crippen LogP contribution in [0.5, 0.6) is 0 Å². The van der Waals surface area contributed by atoms with Crippen LogP contribution in [0.3, 0.4) is 0 Å². The first-order valence-corrected chi connectivity index (χ1v) is 6.81. The molecule has 0 unspecified atom stereocenters. The number of nitrogens with one attached hydrogen (secondary N) is 1. The van der Waals surface area contributed by atoms with E-state index in [0.29, 0.717) is 24.6 Å². The summed E-state index contributed by atoms with van der Waals surface area (Å²) in [5.41, 5.74) is 1.60. The number of benzene rings is 1. The highest BCUT2D eigenvalue weighted by molar-refractivity contribution is 6.17. The van der Waals surface area contributed by atoms with Crippen LogP contribution in [0, 0.1) is 0 Å². The molecule has 0 fully saturated rings. The van der Waals surface area contributed by atoms with Crippen LogP contribution in [0.25, 0.3) is 0 Å². The van der Waals surface area contributed by atoms with Crippen LogP contribution in [-0.4, -0.2) is 51.2 Å². The minimum atomic E-state index is -0.0629. The minimum Gasteiger partial charge on any atom is -0.383 e. The van der Waals surface area contributed by atoms with Gasteiger partial charge in [0.05, 0.1) is 6.61 Å². The van der Waals surface area contributed by atoms with E-state index in [4.69, 9.17) is 16.3 Å². The molecular formula is C14H21ClN2O2. The Hall–Kier alpha value is -1.10. The number of methoxy groups -OCH3 is 1. The smallest absolute Gasteiger partial charge is 0.251 e. The zero-order chi connectivity index (χ0) is 14.1. The number of rotatable bonds is 8. The largest absolute Gasteiger partial charge is 0.383 e. The van der Waals surface area contributed by atoms with Crippen molar-refractivity contribution < 1.29 is 9.53 Å². The van der Waals surface area contributed by atoms with Gasteiger partial charge in [-0.3, -0.25) is 4.79 Å². The van der Waals surface area contributed by atoms with Gasteiger partial charge in [0.15, 0.2) is 0 Å². The normalized spacial score (nSPS) is 10.7. The number of likely N-dealkylation sites (N-methyl/N-ethyl adjacent to an activating group) is 1. The fourth-order valence-electron chi connectivity index (χ4n) is 1.62. The first-order valence-electron chi connectivity index (χ1n) is 6.28. The topological polar surface area (TPSA) is 41.6 Å². The summed E-state index contributed by atoms with van der Waals surface area (Å²) in [7, 11) is 3.68. The van der Waals surface area contributed by atoms with Crippen LogP contribution < -0.4 is 5.32 Å². The average molecular weight is 285 g/mol. The number of hydrogen-bond donors (Lipinski definition) is 1. The van der Waals surface area contributed by atoms with Gasteiger partial charge in [0.1, 0.15) is 0 Å². The summed E-state index contributed by atoms with van der Waals surface area (Å²) in [5.74, 6) is 0.355. The van der Waals surface area contributed by atoms with E-state index in [9.17, 15) is 4.79 Å². The van der Waals surface area contributed by atoms with Crippen LogP contribution in [-0.2, 0) is 10.6 Å². The van der Waals surface area contributed by atoms with Gasteiger partial charge >= 0.3 is 0 Å². The third-order valence-corrected chi connectivity index (χ3v) is 3.11. The molecule has 0 saturated heterocycles. The Labute approximate surface area is 119 Å². The predicted octanol–water partition coefficient (Wildman–Crippen LogP) is 1.73. The number of carbonyl (C=O) groups excluding carboxylic acids is 1. The second kappa shape index (κ2) is 8.91. The Morgan fingerprint density at radius 2 is 2.21 bits per heavy atom. The van der Waals surface area contributed by atoms with Crippen LogP contribution in [0.2, 0.25) is 0 Å². The first kappa shape index (κ1) is 16.0. The van der Waals surface area contributed by atoms with E-state index >= 15 is 0 Å². The fraction of sp³-hybridized carbons (Fsp3) is 0.500. The molecule has 106 valence electrons. The average Bonchev–Trinajstić information content (AvgIpc) is 2.45. The van der Waals surface area contributed by atoms with Gasteiger partial charge in [-0.1, -0.05) is 12.1 Å². The van der Waals surface area contributed by atoms with Gasteiger partial charge in [0.25, 0.3) is 5.91 Å². The maximum Gasteiger partial charge on any atom is 0.251 e. The summed E-state index contributed by atoms with van der Waals surface area (Å²) in [6, 6.07) is 7.36. The van der Waals surface area contributed by atoms with Gasteiger partial charge in [-0.2, -0.15) is 0 Å². The van der Waals surface area contributed by atoms with E-state index in [1.54, 1.807) is 13.2 Å². The summed E-state index contributed by atoms with van der Waals surface area (Å²) < 4.78 is 4.99. The lowest BCUT2D eigenvalue weighted by Crippen LogP contribution is -2.34. The maximum atomic E-state index is 11.9. The SMILES string of the molecule is COCCN(C)CCNC(=O)c1cccc(CCl)c1. The number of halogens is 1. The third kappa shape index (κ3) is 6.05. The molecule has 0 bridgehead atoms. The summed E-state index contributed by atoms with van der Waals surface area (Å²) in [6.07, 6.45) is 0. The molecular weight excluding hydrogens is 264 g/mol. The first-order chi connectivity index (χ1) is 9.17. The molecule has 1 rings (SSSR count). The van der Waals surface area contributed by atoms with E-state index in [1.165, 1.54) is 0 Å². The predicted molar refractivity (Wildman–Crippen MR) is 77.7 cm³/mol. The van der Waals surface area contributed by atoms with Crippen LogP contribution >= 0.6 is 11.6 Å². The maximum absolute atomic E-state index is 11.9. The molecule has 0 aromatic heterocycles. The summed E-state index contributed by atoms with van der Waals surface area (Å²) >= 11 is 5.75. The molecule has 0 aliphatic carbocycles. The lowest BCUT2D eigenvalue weighted by Gasteiger charge is -2.16. The Balaban J connectivity index is 2.34. The fourth-order valence-corrected chi connectivity index (χ4v) is 1.78. The van der Waals surface area contributed by atoms with Crippen molar-refractivity contribution in [3.05, 3.63) is 35.4 Å². The van der Waals surface area contributed by atoms with Crippen molar-refractivity contribution in [1.82, 2.24) is 10.2 Å². The van der Waals surface area contributed by atoms with Crippen molar-refractivity contribution >= 4 is 17.5 Å². The van der Waals surface area contributed by atoms with Gasteiger partial charge in [-0.25, -0.2) is 0 Å². The van der Waals surface area contributed by atoms with E-state index < -0.39 is 0 Å². The van der Waals surface area contributed by atoms with Gasteiger partial charge < -0.3 is 15.0 Å². The van der Waals surface area contributed by atoms with Gasteiger partial charge in [-0.15, -0.1) is 11.6 Å². The summed E-state index contributed by atoms with van der Waals surface area (Å²) in [5, 5.41) is 2.89. The summed E-state index contributed by atoms with van der Waals surface area (Å²) in [6.45, 7) is 2.96. The van der Waals surface area contributed by atoms with Crippen molar-refractivity contribution in [2.75, 3.05) is 40.4 Å². The van der Waals surface area contributed by atoms with Crippen molar-refractivity contribution in [2.24, 2.45) is 0 Å². The summed E-state index contributed by atoms with van der Waals surface area (Å²) in [4.78, 5) is 14.0. The molecule has 1 aromatic carbocycles. The Morgan fingerprint density at radius 3 is 2.89 bits per heavy atom. The van der Waals surface area contributed by atoms with Crippen LogP contribution in [0.1, 0.15) is 15.9 Å². The van der Waals surface area contributed by atoms with E-state index in [2.05, 4.69) is 10.2 Å². The highest BCUT2D eigenvalue weighted by atomic mass is 35.5. The molecule has 5 heteroatoms. The second-order valence-corrected chi connectivity index (χ2v) is 4.65. The van der Waals surface area contributed by atoms with Crippen molar-refractivity contribution in [3.8, 4) is 0 Å². The monoisotopic (exact) mass is 284 g/mol. The molecule has 1 aromatic rings. The molecule has 4 nitrogen and oxygen atoms in total. The van der Waals surface area contributed by atoms with Crippen LogP contribution in [0.4, 0.5) is 0 Å². The standard InChI is InChI=1S/C14H21ClN2O2/c1-17(8-9-19-2)7-6-16-14(18)13-5-3-4-12(10-13)11-15/h3-5,10H,6-9,11H2,1-2H3,(H,16,18). The molecule has 1 amide bonds. The molecule has 1 N–H and O–H groups in total. The second-order valence-electron chi connectivity index (χ2n) is 4.39. The van der Waals surface area contributed by atoms with Crippen molar-refractivity contribution in [1.29, 1.82) is 0 Å². The quantitative estimate of drug-likeness (QED) is 0.739. The van der Waals surface area contributed by atoms with Gasteiger partial charge in [0.2, 0.25) is 0 Å². The number of carbonyl (C=O) groups is 1. The highest BCUT2D eigenvalue weighted by Crippen LogP contribution is 2.07. The third-order valence-electron chi connectivity index (χ3n) is 2.80. The molecule has 0 aliphatic heterocycles. The van der Waals surface area contributed by atoms with Gasteiger partial charge in [-0.05, 0) is 24.7 Å². The highest BCUT2D eigenvalue weighted by Gasteiger charge is 2.06. The number of alkyl halides is 1. The van der Waals surface area contributed by atoms with Crippen LogP contribution in [0.15, 0.2) is 24.3 Å². The number of amides is 1. The molecule has 0 radical (unpaired) electrons. The number of hydrogen-bond acceptors (Lipinski definition) is 3. The van der Waals surface area contributed by atoms with Crippen molar-refractivity contribution in [3.63, 3.8) is 0 Å². The Bertz CT molecular complexity index is 399. The van der Waals surface area contributed by atoms with Crippen molar-refractivity contribution in [2.45, 2.75) is 5.88 Å². The van der Waals surface area contributed by atoms with E-state index in [-0.39, 0.29) is 5.91 Å². The van der Waals surface area contributed by atoms with E-state index in [1.807, 2.05) is 25.2 Å². The molecule has 0 atom stereocenters. The van der Waals surface area contributed by atoms with Gasteiger partial charge in [0, 0.05) is 38.2 Å². The Morgan fingerprint density at radius 1 is 1.42 bits per heavy atom. The molecule has 0 heterocycles. The minimum absolute atomic E-state index is 0.0629. The zero-order valence-electron chi connectivity index (χ0n) is 11.5.